The van der Waals surface area contributed by atoms with E-state index in [1.54, 1.807) is 35.3 Å². The van der Waals surface area contributed by atoms with Crippen molar-refractivity contribution in [1.82, 2.24) is 9.78 Å². The first-order valence-electron chi connectivity index (χ1n) is 11.3. The van der Waals surface area contributed by atoms with E-state index in [1.807, 2.05) is 79.7 Å². The Labute approximate surface area is 203 Å². The zero-order valence-electron chi connectivity index (χ0n) is 19.2. The van der Waals surface area contributed by atoms with E-state index in [0.29, 0.717) is 11.3 Å². The zero-order valence-corrected chi connectivity index (χ0v) is 19.2. The summed E-state index contributed by atoms with van der Waals surface area (Å²) in [4.78, 5) is 25.4. The number of fused-ring (bicyclic) bond motifs is 1. The van der Waals surface area contributed by atoms with E-state index in [1.165, 1.54) is 0 Å². The molecular weight excluding hydrogens is 436 g/mol. The van der Waals surface area contributed by atoms with Crippen LogP contribution in [-0.4, -0.2) is 21.6 Å². The van der Waals surface area contributed by atoms with E-state index in [0.717, 1.165) is 33.3 Å². The van der Waals surface area contributed by atoms with Crippen LogP contribution in [0.1, 0.15) is 21.5 Å². The molecule has 2 N–H and O–H groups in total. The Hall–Kier alpha value is -4.71. The molecule has 6 heteroatoms. The van der Waals surface area contributed by atoms with Crippen molar-refractivity contribution >= 4 is 34.0 Å². The Morgan fingerprint density at radius 2 is 1.63 bits per heavy atom. The third kappa shape index (κ3) is 5.12. The van der Waals surface area contributed by atoms with Gasteiger partial charge in [-0.15, -0.1) is 0 Å². The first-order valence-corrected chi connectivity index (χ1v) is 11.3. The second-order valence-electron chi connectivity index (χ2n) is 8.41. The third-order valence-electron chi connectivity index (χ3n) is 5.75. The summed E-state index contributed by atoms with van der Waals surface area (Å²) < 4.78 is 1.64. The zero-order chi connectivity index (χ0) is 24.2. The molecule has 172 valence electrons. The summed E-state index contributed by atoms with van der Waals surface area (Å²) in [6.07, 6.45) is 3.60. The highest BCUT2D eigenvalue weighted by Crippen LogP contribution is 2.20. The number of carbonyl (C=O) groups is 2. The number of hydrogen-bond donors (Lipinski definition) is 2. The predicted octanol–water partition coefficient (Wildman–Crippen LogP) is 5.77. The summed E-state index contributed by atoms with van der Waals surface area (Å²) in [7, 11) is 0. The van der Waals surface area contributed by atoms with E-state index in [4.69, 9.17) is 0 Å². The molecule has 0 aliphatic rings. The van der Waals surface area contributed by atoms with Crippen LogP contribution in [0.15, 0.2) is 103 Å². The van der Waals surface area contributed by atoms with E-state index in [-0.39, 0.29) is 18.2 Å². The van der Waals surface area contributed by atoms with Crippen LogP contribution in [0.3, 0.4) is 0 Å². The van der Waals surface area contributed by atoms with Gasteiger partial charge in [-0.05, 0) is 59.2 Å². The summed E-state index contributed by atoms with van der Waals surface area (Å²) in [6.45, 7) is 1.98. The lowest BCUT2D eigenvalue weighted by molar-refractivity contribution is -0.115. The molecule has 1 aromatic heterocycles. The third-order valence-corrected chi connectivity index (χ3v) is 5.75. The molecule has 0 saturated heterocycles. The van der Waals surface area contributed by atoms with Crippen LogP contribution in [0.25, 0.3) is 16.5 Å². The van der Waals surface area contributed by atoms with Crippen molar-refractivity contribution in [3.05, 3.63) is 120 Å². The highest BCUT2D eigenvalue weighted by atomic mass is 16.2. The van der Waals surface area contributed by atoms with Crippen LogP contribution in [0.4, 0.5) is 11.4 Å². The lowest BCUT2D eigenvalue weighted by Crippen LogP contribution is -2.14. The summed E-state index contributed by atoms with van der Waals surface area (Å²) in [6, 6.07) is 28.8. The molecule has 0 fully saturated rings. The molecule has 0 spiro atoms. The summed E-state index contributed by atoms with van der Waals surface area (Å²) in [5.74, 6) is -0.319. The molecule has 0 saturated carbocycles. The van der Waals surface area contributed by atoms with Gasteiger partial charge >= 0.3 is 0 Å². The van der Waals surface area contributed by atoms with Gasteiger partial charge in [0, 0.05) is 11.3 Å². The van der Waals surface area contributed by atoms with Gasteiger partial charge in [0.05, 0.1) is 30.2 Å². The minimum absolute atomic E-state index is 0.118. The van der Waals surface area contributed by atoms with Gasteiger partial charge in [0.25, 0.3) is 5.91 Å². The molecule has 5 rings (SSSR count). The maximum atomic E-state index is 12.7. The lowest BCUT2D eigenvalue weighted by Gasteiger charge is -2.08. The maximum absolute atomic E-state index is 12.7. The smallest absolute Gasteiger partial charge is 0.255 e. The number of benzene rings is 4. The van der Waals surface area contributed by atoms with Gasteiger partial charge in [0.15, 0.2) is 0 Å². The molecule has 2 amide bonds. The van der Waals surface area contributed by atoms with Crippen molar-refractivity contribution in [2.24, 2.45) is 0 Å². The first kappa shape index (κ1) is 22.1. The van der Waals surface area contributed by atoms with Crippen molar-refractivity contribution in [2.75, 3.05) is 10.6 Å². The average Bonchev–Trinajstić information content (AvgIpc) is 3.33. The molecule has 0 atom stereocenters. The molecule has 35 heavy (non-hydrogen) atoms. The number of amides is 2. The molecule has 4 aromatic carbocycles. The highest BCUT2D eigenvalue weighted by Gasteiger charge is 2.11. The first-order chi connectivity index (χ1) is 17.0. The van der Waals surface area contributed by atoms with E-state index in [9.17, 15) is 9.59 Å². The van der Waals surface area contributed by atoms with Crippen LogP contribution in [0, 0.1) is 6.92 Å². The minimum Gasteiger partial charge on any atom is -0.323 e. The van der Waals surface area contributed by atoms with E-state index < -0.39 is 0 Å². The van der Waals surface area contributed by atoms with Crippen molar-refractivity contribution in [2.45, 2.75) is 13.3 Å². The van der Waals surface area contributed by atoms with Crippen molar-refractivity contribution in [3.63, 3.8) is 0 Å². The molecule has 6 nitrogen and oxygen atoms in total. The fourth-order valence-electron chi connectivity index (χ4n) is 4.07. The fraction of sp³-hybridized carbons (Fsp3) is 0.0690. The molecule has 0 aliphatic carbocycles. The average molecular weight is 461 g/mol. The molecule has 0 bridgehead atoms. The summed E-state index contributed by atoms with van der Waals surface area (Å²) >= 11 is 0. The maximum Gasteiger partial charge on any atom is 0.255 e. The Morgan fingerprint density at radius 1 is 0.829 bits per heavy atom. The molecule has 1 heterocycles. The Bertz CT molecular complexity index is 1530. The topological polar surface area (TPSA) is 76.0 Å². The van der Waals surface area contributed by atoms with Crippen LogP contribution >= 0.6 is 0 Å². The Balaban J connectivity index is 1.28. The Kier molecular flexibility index (Phi) is 6.09. The minimum atomic E-state index is -0.201. The highest BCUT2D eigenvalue weighted by molar-refractivity contribution is 6.04. The number of aryl methyl sites for hydroxylation is 1. The summed E-state index contributed by atoms with van der Waals surface area (Å²) in [5.41, 5.74) is 4.61. The number of carbonyl (C=O) groups excluding carboxylic acids is 2. The van der Waals surface area contributed by atoms with Gasteiger partial charge in [0.1, 0.15) is 0 Å². The second kappa shape index (κ2) is 9.65. The second-order valence-corrected chi connectivity index (χ2v) is 8.41. The van der Waals surface area contributed by atoms with Gasteiger partial charge < -0.3 is 10.6 Å². The normalized spacial score (nSPS) is 10.8. The van der Waals surface area contributed by atoms with Crippen LogP contribution in [0.2, 0.25) is 0 Å². The van der Waals surface area contributed by atoms with E-state index >= 15 is 0 Å². The van der Waals surface area contributed by atoms with Crippen LogP contribution in [-0.2, 0) is 11.2 Å². The molecular formula is C29H24N4O2. The van der Waals surface area contributed by atoms with Crippen LogP contribution < -0.4 is 10.6 Å². The van der Waals surface area contributed by atoms with Crippen molar-refractivity contribution in [3.8, 4) is 5.69 Å². The number of rotatable bonds is 6. The number of hydrogen-bond acceptors (Lipinski definition) is 3. The molecule has 0 aliphatic heterocycles. The monoisotopic (exact) mass is 460 g/mol. The lowest BCUT2D eigenvalue weighted by atomic mass is 10.0. The van der Waals surface area contributed by atoms with Crippen molar-refractivity contribution in [1.29, 1.82) is 0 Å². The van der Waals surface area contributed by atoms with E-state index in [2.05, 4.69) is 15.7 Å². The summed E-state index contributed by atoms with van der Waals surface area (Å²) in [5, 5.41) is 12.4. The van der Waals surface area contributed by atoms with Crippen LogP contribution in [0.5, 0.6) is 0 Å². The van der Waals surface area contributed by atoms with Gasteiger partial charge in [-0.25, -0.2) is 4.68 Å². The number of nitrogens with zero attached hydrogens (tertiary/aromatic N) is 2. The van der Waals surface area contributed by atoms with Gasteiger partial charge in [0.2, 0.25) is 5.91 Å². The molecule has 0 radical (unpaired) electrons. The van der Waals surface area contributed by atoms with Gasteiger partial charge in [-0.3, -0.25) is 9.59 Å². The number of anilines is 2. The SMILES string of the molecule is Cc1cccc(NC(=O)c2cccc(-n3cc(NC(=O)Cc4cccc5ccccc45)cn3)c2)c1. The van der Waals surface area contributed by atoms with Gasteiger partial charge in [-0.2, -0.15) is 5.10 Å². The Morgan fingerprint density at radius 3 is 2.51 bits per heavy atom. The molecule has 0 unspecified atom stereocenters. The quantitative estimate of drug-likeness (QED) is 0.338. The fourth-order valence-corrected chi connectivity index (χ4v) is 4.07. The standard InChI is InChI=1S/C29H24N4O2/c1-20-7-4-12-24(15-20)32-29(35)23-11-6-13-26(16-23)33-19-25(18-30-33)31-28(34)17-22-10-5-9-21-8-2-3-14-27(21)22/h2-16,18-19H,17H2,1H3,(H,31,34)(H,32,35). The van der Waals surface area contributed by atoms with Crippen molar-refractivity contribution < 1.29 is 9.59 Å². The largest absolute Gasteiger partial charge is 0.323 e. The molecule has 5 aromatic rings. The predicted molar refractivity (Wildman–Crippen MR) is 139 cm³/mol. The number of aromatic nitrogens is 2. The number of nitrogens with one attached hydrogen (secondary N) is 2. The van der Waals surface area contributed by atoms with Gasteiger partial charge in [-0.1, -0.05) is 60.7 Å².